The lowest BCUT2D eigenvalue weighted by molar-refractivity contribution is 0.102. The van der Waals surface area contributed by atoms with Crippen LogP contribution in [0.1, 0.15) is 15.9 Å². The van der Waals surface area contributed by atoms with Gasteiger partial charge >= 0.3 is 0 Å². The van der Waals surface area contributed by atoms with Crippen LogP contribution < -0.4 is 5.32 Å². The van der Waals surface area contributed by atoms with Gasteiger partial charge in [-0.1, -0.05) is 0 Å². The summed E-state index contributed by atoms with van der Waals surface area (Å²) >= 11 is 6.70. The molecule has 0 aliphatic rings. The molecule has 0 aromatic heterocycles. The predicted octanol–water partition coefficient (Wildman–Crippen LogP) is 4.62. The van der Waals surface area contributed by atoms with Gasteiger partial charge in [0, 0.05) is 8.95 Å². The molecule has 2 N–H and O–H groups in total. The Bertz CT molecular complexity index is 666. The first kappa shape index (κ1) is 15.0. The van der Waals surface area contributed by atoms with E-state index in [4.69, 9.17) is 0 Å². The first-order chi connectivity index (χ1) is 9.38. The highest BCUT2D eigenvalue weighted by Crippen LogP contribution is 2.33. The second-order valence-electron chi connectivity index (χ2n) is 4.22. The predicted molar refractivity (Wildman–Crippen MR) is 82.6 cm³/mol. The number of carbonyl (C=O) groups is 1. The standard InChI is InChI=1S/C14H10Br2FNO2/c1-7-4-10(15)13(11(16)5-7)18-14(20)9-6-8(17)2-3-12(9)19/h2-6,19H,1H3,(H,18,20). The van der Waals surface area contributed by atoms with Crippen LogP contribution in [0.5, 0.6) is 5.75 Å². The van der Waals surface area contributed by atoms with Crippen molar-refractivity contribution in [2.24, 2.45) is 0 Å². The third-order valence-electron chi connectivity index (χ3n) is 2.63. The molecular weight excluding hydrogens is 393 g/mol. The van der Waals surface area contributed by atoms with Crippen molar-refractivity contribution < 1.29 is 14.3 Å². The van der Waals surface area contributed by atoms with Crippen molar-refractivity contribution in [1.82, 2.24) is 0 Å². The number of halogens is 3. The van der Waals surface area contributed by atoms with E-state index in [1.807, 2.05) is 19.1 Å². The van der Waals surface area contributed by atoms with Crippen LogP contribution in [0.25, 0.3) is 0 Å². The number of rotatable bonds is 2. The van der Waals surface area contributed by atoms with E-state index in [-0.39, 0.29) is 11.3 Å². The molecule has 0 spiro atoms. The number of nitrogens with one attached hydrogen (secondary N) is 1. The zero-order valence-corrected chi connectivity index (χ0v) is 13.5. The molecule has 1 amide bonds. The van der Waals surface area contributed by atoms with Crippen molar-refractivity contribution in [3.63, 3.8) is 0 Å². The Hall–Kier alpha value is -1.40. The van der Waals surface area contributed by atoms with Gasteiger partial charge in [0.25, 0.3) is 5.91 Å². The van der Waals surface area contributed by atoms with Crippen LogP contribution in [0.2, 0.25) is 0 Å². The second kappa shape index (κ2) is 5.93. The highest BCUT2D eigenvalue weighted by Gasteiger charge is 2.15. The number of aromatic hydroxyl groups is 1. The van der Waals surface area contributed by atoms with Gasteiger partial charge in [0.2, 0.25) is 0 Å². The Kier molecular flexibility index (Phi) is 4.45. The Labute approximate surface area is 132 Å². The van der Waals surface area contributed by atoms with Gasteiger partial charge in [0.15, 0.2) is 0 Å². The van der Waals surface area contributed by atoms with Crippen molar-refractivity contribution in [1.29, 1.82) is 0 Å². The molecule has 2 aromatic rings. The number of carbonyl (C=O) groups excluding carboxylic acids is 1. The molecule has 0 radical (unpaired) electrons. The van der Waals surface area contributed by atoms with Crippen molar-refractivity contribution in [2.75, 3.05) is 5.32 Å². The first-order valence-electron chi connectivity index (χ1n) is 5.64. The second-order valence-corrected chi connectivity index (χ2v) is 5.93. The van der Waals surface area contributed by atoms with Gasteiger partial charge < -0.3 is 10.4 Å². The highest BCUT2D eigenvalue weighted by atomic mass is 79.9. The van der Waals surface area contributed by atoms with Gasteiger partial charge in [-0.25, -0.2) is 4.39 Å². The summed E-state index contributed by atoms with van der Waals surface area (Å²) < 4.78 is 14.5. The Morgan fingerprint density at radius 3 is 2.40 bits per heavy atom. The third kappa shape index (κ3) is 3.19. The van der Waals surface area contributed by atoms with Crippen molar-refractivity contribution in [3.05, 3.63) is 56.2 Å². The largest absolute Gasteiger partial charge is 0.507 e. The van der Waals surface area contributed by atoms with E-state index in [1.54, 1.807) is 0 Å². The lowest BCUT2D eigenvalue weighted by Crippen LogP contribution is -2.13. The summed E-state index contributed by atoms with van der Waals surface area (Å²) in [5.74, 6) is -1.45. The zero-order chi connectivity index (χ0) is 14.9. The molecule has 0 heterocycles. The summed E-state index contributed by atoms with van der Waals surface area (Å²) in [6.07, 6.45) is 0. The number of phenolic OH excluding ortho intramolecular Hbond substituents is 1. The monoisotopic (exact) mass is 401 g/mol. The van der Waals surface area contributed by atoms with E-state index in [0.29, 0.717) is 14.6 Å². The summed E-state index contributed by atoms with van der Waals surface area (Å²) in [5.41, 5.74) is 1.41. The average molecular weight is 403 g/mol. The fraction of sp³-hybridized carbons (Fsp3) is 0.0714. The zero-order valence-electron chi connectivity index (χ0n) is 10.4. The van der Waals surface area contributed by atoms with Crippen LogP contribution in [-0.4, -0.2) is 11.0 Å². The van der Waals surface area contributed by atoms with Crippen LogP contribution >= 0.6 is 31.9 Å². The molecule has 0 aliphatic carbocycles. The topological polar surface area (TPSA) is 49.3 Å². The summed E-state index contributed by atoms with van der Waals surface area (Å²) in [6.45, 7) is 1.92. The minimum Gasteiger partial charge on any atom is -0.507 e. The lowest BCUT2D eigenvalue weighted by Gasteiger charge is -2.11. The minimum atomic E-state index is -0.591. The molecule has 2 rings (SSSR count). The van der Waals surface area contributed by atoms with Gasteiger partial charge in [-0.05, 0) is 74.7 Å². The van der Waals surface area contributed by atoms with E-state index in [1.165, 1.54) is 0 Å². The van der Waals surface area contributed by atoms with Crippen LogP contribution in [0.15, 0.2) is 39.3 Å². The van der Waals surface area contributed by atoms with Gasteiger partial charge in [0.05, 0.1) is 11.3 Å². The maximum Gasteiger partial charge on any atom is 0.259 e. The third-order valence-corrected chi connectivity index (χ3v) is 3.88. The van der Waals surface area contributed by atoms with Crippen molar-refractivity contribution in [3.8, 4) is 5.75 Å². The van der Waals surface area contributed by atoms with Crippen LogP contribution in [-0.2, 0) is 0 Å². The molecule has 2 aromatic carbocycles. The fourth-order valence-electron chi connectivity index (χ4n) is 1.69. The molecule has 0 bridgehead atoms. The molecule has 6 heteroatoms. The normalized spacial score (nSPS) is 10.4. The van der Waals surface area contributed by atoms with Gasteiger partial charge in [-0.15, -0.1) is 0 Å². The average Bonchev–Trinajstić information content (AvgIpc) is 2.36. The summed E-state index contributed by atoms with van der Waals surface area (Å²) in [6, 6.07) is 6.89. The molecule has 0 atom stereocenters. The van der Waals surface area contributed by atoms with E-state index in [0.717, 1.165) is 23.8 Å². The van der Waals surface area contributed by atoms with E-state index < -0.39 is 11.7 Å². The molecule has 104 valence electrons. The van der Waals surface area contributed by atoms with Crippen molar-refractivity contribution >= 4 is 43.5 Å². The van der Waals surface area contributed by atoms with Crippen LogP contribution in [0.4, 0.5) is 10.1 Å². The molecule has 20 heavy (non-hydrogen) atoms. The quantitative estimate of drug-likeness (QED) is 0.770. The molecule has 0 aliphatic heterocycles. The molecular formula is C14H10Br2FNO2. The van der Waals surface area contributed by atoms with E-state index >= 15 is 0 Å². The smallest absolute Gasteiger partial charge is 0.259 e. The Morgan fingerprint density at radius 2 is 1.80 bits per heavy atom. The molecule has 0 saturated heterocycles. The number of amides is 1. The number of anilines is 1. The fourth-order valence-corrected chi connectivity index (χ4v) is 3.30. The SMILES string of the molecule is Cc1cc(Br)c(NC(=O)c2cc(F)ccc2O)c(Br)c1. The van der Waals surface area contributed by atoms with Crippen LogP contribution in [0, 0.1) is 12.7 Å². The number of hydrogen-bond donors (Lipinski definition) is 2. The first-order valence-corrected chi connectivity index (χ1v) is 7.22. The maximum absolute atomic E-state index is 13.1. The maximum atomic E-state index is 13.1. The lowest BCUT2D eigenvalue weighted by atomic mass is 10.1. The summed E-state index contributed by atoms with van der Waals surface area (Å²) in [7, 11) is 0. The Morgan fingerprint density at radius 1 is 1.20 bits per heavy atom. The summed E-state index contributed by atoms with van der Waals surface area (Å²) in [5, 5.41) is 12.2. The molecule has 0 unspecified atom stereocenters. The van der Waals surface area contributed by atoms with Gasteiger partial charge in [0.1, 0.15) is 11.6 Å². The minimum absolute atomic E-state index is 0.121. The van der Waals surface area contributed by atoms with E-state index in [2.05, 4.69) is 37.2 Å². The van der Waals surface area contributed by atoms with Gasteiger partial charge in [-0.2, -0.15) is 0 Å². The van der Waals surface area contributed by atoms with Crippen molar-refractivity contribution in [2.45, 2.75) is 6.92 Å². The van der Waals surface area contributed by atoms with E-state index in [9.17, 15) is 14.3 Å². The summed E-state index contributed by atoms with van der Waals surface area (Å²) in [4.78, 5) is 12.1. The van der Waals surface area contributed by atoms with Crippen LogP contribution in [0.3, 0.4) is 0 Å². The van der Waals surface area contributed by atoms with Gasteiger partial charge in [-0.3, -0.25) is 4.79 Å². The molecule has 3 nitrogen and oxygen atoms in total. The number of benzene rings is 2. The molecule has 0 fully saturated rings. The highest BCUT2D eigenvalue weighted by molar-refractivity contribution is 9.11. The Balaban J connectivity index is 2.35. The number of phenols is 1. The molecule has 0 saturated carbocycles. The number of hydrogen-bond acceptors (Lipinski definition) is 2. The number of aryl methyl sites for hydroxylation is 1.